The van der Waals surface area contributed by atoms with Gasteiger partial charge < -0.3 is 19.6 Å². The molecule has 0 aliphatic rings. The molecule has 0 aliphatic carbocycles. The first-order chi connectivity index (χ1) is 8.63. The highest BCUT2D eigenvalue weighted by Crippen LogP contribution is 2.24. The van der Waals surface area contributed by atoms with E-state index in [2.05, 4.69) is 10.3 Å². The molecule has 0 aliphatic heterocycles. The van der Waals surface area contributed by atoms with Gasteiger partial charge in [0.15, 0.2) is 5.58 Å². The number of hydrogen-bond donors (Lipinski definition) is 2. The zero-order valence-electron chi connectivity index (χ0n) is 10.2. The van der Waals surface area contributed by atoms with Crippen molar-refractivity contribution in [3.63, 3.8) is 0 Å². The van der Waals surface area contributed by atoms with Gasteiger partial charge in [-0.05, 0) is 18.6 Å². The van der Waals surface area contributed by atoms with Crippen LogP contribution >= 0.6 is 0 Å². The van der Waals surface area contributed by atoms with Crippen molar-refractivity contribution in [2.75, 3.05) is 25.6 Å². The summed E-state index contributed by atoms with van der Waals surface area (Å²) >= 11 is 0. The van der Waals surface area contributed by atoms with Gasteiger partial charge in [-0.15, -0.1) is 0 Å². The predicted molar refractivity (Wildman–Crippen MR) is 66.1 cm³/mol. The van der Waals surface area contributed by atoms with E-state index in [9.17, 15) is 4.79 Å². The molecule has 96 valence electrons. The largest absolute Gasteiger partial charge is 0.478 e. The predicted octanol–water partition coefficient (Wildman–Crippen LogP) is 1.89. The highest BCUT2D eigenvalue weighted by Gasteiger charge is 2.17. The van der Waals surface area contributed by atoms with Gasteiger partial charge in [0.05, 0.1) is 12.2 Å². The normalized spacial score (nSPS) is 10.8. The van der Waals surface area contributed by atoms with Crippen molar-refractivity contribution in [1.29, 1.82) is 0 Å². The lowest BCUT2D eigenvalue weighted by atomic mass is 10.1. The van der Waals surface area contributed by atoms with E-state index in [0.717, 1.165) is 0 Å². The van der Waals surface area contributed by atoms with Crippen molar-refractivity contribution in [1.82, 2.24) is 4.98 Å². The maximum absolute atomic E-state index is 11.2. The summed E-state index contributed by atoms with van der Waals surface area (Å²) in [6.45, 7) is 2.80. The Morgan fingerprint density at radius 2 is 2.33 bits per heavy atom. The minimum absolute atomic E-state index is 0.177. The van der Waals surface area contributed by atoms with E-state index in [1.54, 1.807) is 26.2 Å². The van der Waals surface area contributed by atoms with Crippen LogP contribution in [0.25, 0.3) is 11.1 Å². The second kappa shape index (κ2) is 5.05. The number of ether oxygens (including phenoxy) is 1. The van der Waals surface area contributed by atoms with Crippen LogP contribution in [0.3, 0.4) is 0 Å². The maximum atomic E-state index is 11.2. The molecule has 18 heavy (non-hydrogen) atoms. The Labute approximate surface area is 104 Å². The summed E-state index contributed by atoms with van der Waals surface area (Å²) < 4.78 is 10.3. The van der Waals surface area contributed by atoms with Crippen LogP contribution in [0.1, 0.15) is 15.9 Å². The summed E-state index contributed by atoms with van der Waals surface area (Å²) in [6.07, 6.45) is 0. The van der Waals surface area contributed by atoms with Crippen LogP contribution in [0.15, 0.2) is 16.5 Å². The van der Waals surface area contributed by atoms with Crippen molar-refractivity contribution in [3.05, 3.63) is 23.3 Å². The monoisotopic (exact) mass is 250 g/mol. The van der Waals surface area contributed by atoms with Crippen molar-refractivity contribution in [2.24, 2.45) is 0 Å². The van der Waals surface area contributed by atoms with Crippen molar-refractivity contribution >= 4 is 23.1 Å². The molecule has 0 unspecified atom stereocenters. The Balaban J connectivity index is 2.38. The lowest BCUT2D eigenvalue weighted by molar-refractivity contribution is 0.0698. The third-order valence-corrected chi connectivity index (χ3v) is 2.57. The topological polar surface area (TPSA) is 84.6 Å². The minimum atomic E-state index is -1.00. The number of carbonyl (C=O) groups is 1. The Morgan fingerprint density at radius 1 is 1.56 bits per heavy atom. The number of carboxylic acids is 1. The zero-order chi connectivity index (χ0) is 13.1. The highest BCUT2D eigenvalue weighted by molar-refractivity contribution is 6.02. The van der Waals surface area contributed by atoms with Crippen LogP contribution in [-0.2, 0) is 4.74 Å². The van der Waals surface area contributed by atoms with Gasteiger partial charge in [-0.2, -0.15) is 4.98 Å². The van der Waals surface area contributed by atoms with Gasteiger partial charge in [0.25, 0.3) is 6.01 Å². The van der Waals surface area contributed by atoms with Crippen LogP contribution in [0.2, 0.25) is 0 Å². The first-order valence-corrected chi connectivity index (χ1v) is 5.49. The average molecular weight is 250 g/mol. The molecular weight excluding hydrogens is 236 g/mol. The van der Waals surface area contributed by atoms with E-state index in [1.807, 2.05) is 0 Å². The molecule has 2 aromatic rings. The lowest BCUT2D eigenvalue weighted by Crippen LogP contribution is -2.07. The quantitative estimate of drug-likeness (QED) is 0.788. The summed E-state index contributed by atoms with van der Waals surface area (Å²) in [5, 5.41) is 12.1. The van der Waals surface area contributed by atoms with E-state index in [4.69, 9.17) is 14.3 Å². The number of nitrogens with zero attached hydrogens (tertiary/aromatic N) is 1. The standard InChI is InChI=1S/C12H14N2O4/c1-7-3-4-8-10(9(7)11(15)16)14-12(18-8)13-5-6-17-2/h3-4H,5-6H2,1-2H3,(H,13,14)(H,15,16). The number of methoxy groups -OCH3 is 1. The van der Waals surface area contributed by atoms with Crippen LogP contribution in [0, 0.1) is 6.92 Å². The molecule has 6 heteroatoms. The summed E-state index contributed by atoms with van der Waals surface area (Å²) in [5.74, 6) is -1.00. The number of fused-ring (bicyclic) bond motifs is 1. The molecule has 0 amide bonds. The van der Waals surface area contributed by atoms with Gasteiger partial charge in [0.1, 0.15) is 5.52 Å². The van der Waals surface area contributed by atoms with Crippen LogP contribution in [0.5, 0.6) is 0 Å². The number of nitrogens with one attached hydrogen (secondary N) is 1. The Bertz CT molecular complexity index is 577. The van der Waals surface area contributed by atoms with Gasteiger partial charge in [-0.3, -0.25) is 0 Å². The highest BCUT2D eigenvalue weighted by atomic mass is 16.5. The van der Waals surface area contributed by atoms with E-state index < -0.39 is 5.97 Å². The van der Waals surface area contributed by atoms with E-state index in [0.29, 0.717) is 35.8 Å². The van der Waals surface area contributed by atoms with E-state index in [1.165, 1.54) is 0 Å². The molecule has 1 heterocycles. The maximum Gasteiger partial charge on any atom is 0.338 e. The number of carboxylic acid groups (broad SMARTS) is 1. The molecule has 1 aromatic carbocycles. The third kappa shape index (κ3) is 2.28. The molecular formula is C12H14N2O4. The summed E-state index contributed by atoms with van der Waals surface area (Å²) in [5.41, 5.74) is 1.66. The third-order valence-electron chi connectivity index (χ3n) is 2.57. The van der Waals surface area contributed by atoms with Gasteiger partial charge >= 0.3 is 5.97 Å². The fraction of sp³-hybridized carbons (Fsp3) is 0.333. The summed E-state index contributed by atoms with van der Waals surface area (Å²) in [7, 11) is 1.60. The summed E-state index contributed by atoms with van der Waals surface area (Å²) in [4.78, 5) is 15.3. The number of anilines is 1. The number of aromatic carboxylic acids is 1. The van der Waals surface area contributed by atoms with Crippen LogP contribution in [-0.4, -0.2) is 36.3 Å². The number of aromatic nitrogens is 1. The molecule has 2 rings (SSSR count). The fourth-order valence-corrected chi connectivity index (χ4v) is 1.70. The van der Waals surface area contributed by atoms with Gasteiger partial charge in [-0.1, -0.05) is 6.07 Å². The molecule has 0 saturated heterocycles. The number of aryl methyl sites for hydroxylation is 1. The molecule has 0 fully saturated rings. The minimum Gasteiger partial charge on any atom is -0.478 e. The van der Waals surface area contributed by atoms with Crippen LogP contribution < -0.4 is 5.32 Å². The number of benzene rings is 1. The van der Waals surface area contributed by atoms with Gasteiger partial charge in [0.2, 0.25) is 0 Å². The lowest BCUT2D eigenvalue weighted by Gasteiger charge is -1.99. The molecule has 1 aromatic heterocycles. The molecule has 0 saturated carbocycles. The molecule has 0 atom stereocenters. The molecule has 0 radical (unpaired) electrons. The van der Waals surface area contributed by atoms with Crippen molar-refractivity contribution in [2.45, 2.75) is 6.92 Å². The van der Waals surface area contributed by atoms with Crippen LogP contribution in [0.4, 0.5) is 6.01 Å². The SMILES string of the molecule is COCCNc1nc2c(C(=O)O)c(C)ccc2o1. The van der Waals surface area contributed by atoms with E-state index >= 15 is 0 Å². The van der Waals surface area contributed by atoms with Crippen molar-refractivity contribution < 1.29 is 19.1 Å². The van der Waals surface area contributed by atoms with Crippen molar-refractivity contribution in [3.8, 4) is 0 Å². The average Bonchev–Trinajstić information content (AvgIpc) is 2.71. The molecule has 0 bridgehead atoms. The molecule has 0 spiro atoms. The number of rotatable bonds is 5. The van der Waals surface area contributed by atoms with Gasteiger partial charge in [-0.25, -0.2) is 4.79 Å². The molecule has 6 nitrogen and oxygen atoms in total. The Hall–Kier alpha value is -2.08. The Kier molecular flexibility index (Phi) is 3.47. The Morgan fingerprint density at radius 3 is 3.00 bits per heavy atom. The number of hydrogen-bond acceptors (Lipinski definition) is 5. The second-order valence-corrected chi connectivity index (χ2v) is 3.85. The first-order valence-electron chi connectivity index (χ1n) is 5.49. The summed E-state index contributed by atoms with van der Waals surface area (Å²) in [6, 6.07) is 3.72. The fourth-order valence-electron chi connectivity index (χ4n) is 1.70. The second-order valence-electron chi connectivity index (χ2n) is 3.85. The smallest absolute Gasteiger partial charge is 0.338 e. The number of oxazole rings is 1. The molecule has 2 N–H and O–H groups in total. The first kappa shape index (κ1) is 12.4. The zero-order valence-corrected chi connectivity index (χ0v) is 10.2. The van der Waals surface area contributed by atoms with Gasteiger partial charge in [0, 0.05) is 13.7 Å². The van der Waals surface area contributed by atoms with E-state index in [-0.39, 0.29) is 5.56 Å².